The normalized spacial score (nSPS) is 22.8. The minimum Gasteiger partial charge on any atom is -0.444 e. The van der Waals surface area contributed by atoms with E-state index < -0.39 is 23.6 Å². The van der Waals surface area contributed by atoms with Crippen LogP contribution >= 0.6 is 0 Å². The van der Waals surface area contributed by atoms with Crippen LogP contribution < -0.4 is 5.73 Å². The Morgan fingerprint density at radius 3 is 2.27 bits per heavy atom. The van der Waals surface area contributed by atoms with Crippen molar-refractivity contribution in [3.63, 3.8) is 0 Å². The number of carbonyl (C=O) groups excluding carboxylic acids is 2. The van der Waals surface area contributed by atoms with Crippen LogP contribution in [0.15, 0.2) is 11.6 Å². The van der Waals surface area contributed by atoms with Gasteiger partial charge in [-0.3, -0.25) is 9.69 Å². The van der Waals surface area contributed by atoms with Crippen molar-refractivity contribution in [1.82, 2.24) is 9.80 Å². The van der Waals surface area contributed by atoms with Crippen LogP contribution in [0.3, 0.4) is 0 Å². The van der Waals surface area contributed by atoms with Crippen molar-refractivity contribution in [2.75, 3.05) is 20.6 Å². The Morgan fingerprint density at radius 1 is 1.36 bits per heavy atom. The maximum atomic E-state index is 12.5. The molecule has 0 aromatic heterocycles. The highest BCUT2D eigenvalue weighted by Gasteiger charge is 2.40. The van der Waals surface area contributed by atoms with E-state index in [0.717, 1.165) is 5.57 Å². The van der Waals surface area contributed by atoms with Gasteiger partial charge in [-0.25, -0.2) is 4.79 Å². The molecule has 1 heterocycles. The van der Waals surface area contributed by atoms with Gasteiger partial charge in [0.1, 0.15) is 11.6 Å². The van der Waals surface area contributed by atoms with Gasteiger partial charge in [-0.15, -0.1) is 0 Å². The van der Waals surface area contributed by atoms with E-state index in [1.54, 1.807) is 20.8 Å². The molecule has 0 spiro atoms. The van der Waals surface area contributed by atoms with Crippen LogP contribution in [-0.4, -0.2) is 60.1 Å². The van der Waals surface area contributed by atoms with Gasteiger partial charge in [-0.1, -0.05) is 19.9 Å². The molecule has 0 unspecified atom stereocenters. The Hall–Kier alpha value is -1.56. The number of nitrogens with zero attached hydrogens (tertiary/aromatic N) is 2. The molecule has 0 fully saturated rings. The summed E-state index contributed by atoms with van der Waals surface area (Å²) in [5, 5.41) is 0. The highest BCUT2D eigenvalue weighted by Crippen LogP contribution is 2.27. The molecule has 0 bridgehead atoms. The lowest BCUT2D eigenvalue weighted by molar-refractivity contribution is -0.122. The Balaban J connectivity index is 3.20. The molecular formula is C16H29N3O3. The number of rotatable bonds is 3. The van der Waals surface area contributed by atoms with E-state index in [4.69, 9.17) is 10.5 Å². The summed E-state index contributed by atoms with van der Waals surface area (Å²) in [7, 11) is 3.88. The van der Waals surface area contributed by atoms with Crippen LogP contribution in [0.1, 0.15) is 34.6 Å². The van der Waals surface area contributed by atoms with Crippen molar-refractivity contribution in [2.45, 2.75) is 52.3 Å². The third-order valence-electron chi connectivity index (χ3n) is 3.62. The van der Waals surface area contributed by atoms with Crippen molar-refractivity contribution >= 4 is 12.0 Å². The molecule has 0 aliphatic carbocycles. The second-order valence-corrected chi connectivity index (χ2v) is 7.29. The molecule has 1 aliphatic heterocycles. The molecule has 0 radical (unpaired) electrons. The molecule has 6 nitrogen and oxygen atoms in total. The van der Waals surface area contributed by atoms with Crippen LogP contribution in [0, 0.1) is 5.92 Å². The first-order valence-electron chi connectivity index (χ1n) is 7.61. The number of carbonyl (C=O) groups is 2. The average Bonchev–Trinajstić information content (AvgIpc) is 2.34. The molecule has 0 saturated carbocycles. The first-order valence-corrected chi connectivity index (χ1v) is 7.61. The third-order valence-corrected chi connectivity index (χ3v) is 3.62. The molecular weight excluding hydrogens is 282 g/mol. The monoisotopic (exact) mass is 311 g/mol. The molecule has 0 aromatic carbocycles. The van der Waals surface area contributed by atoms with E-state index >= 15 is 0 Å². The van der Waals surface area contributed by atoms with Gasteiger partial charge in [-0.2, -0.15) is 0 Å². The van der Waals surface area contributed by atoms with E-state index in [1.807, 2.05) is 38.9 Å². The fourth-order valence-corrected chi connectivity index (χ4v) is 2.49. The molecule has 1 rings (SSSR count). The molecule has 1 aliphatic rings. The number of nitrogens with two attached hydrogens (primary N) is 1. The topological polar surface area (TPSA) is 75.9 Å². The third kappa shape index (κ3) is 4.47. The zero-order valence-electron chi connectivity index (χ0n) is 14.7. The molecule has 2 N–H and O–H groups in total. The fourth-order valence-electron chi connectivity index (χ4n) is 2.49. The maximum Gasteiger partial charge on any atom is 0.411 e. The fraction of sp³-hybridized carbons (Fsp3) is 0.750. The van der Waals surface area contributed by atoms with Crippen molar-refractivity contribution < 1.29 is 14.3 Å². The Bertz CT molecular complexity index is 464. The summed E-state index contributed by atoms with van der Waals surface area (Å²) >= 11 is 0. The van der Waals surface area contributed by atoms with E-state index in [9.17, 15) is 9.59 Å². The summed E-state index contributed by atoms with van der Waals surface area (Å²) in [6.45, 7) is 9.77. The van der Waals surface area contributed by atoms with Crippen molar-refractivity contribution in [1.29, 1.82) is 0 Å². The highest BCUT2D eigenvalue weighted by molar-refractivity contribution is 5.88. The largest absolute Gasteiger partial charge is 0.444 e. The number of primary amides is 1. The van der Waals surface area contributed by atoms with Gasteiger partial charge >= 0.3 is 6.09 Å². The van der Waals surface area contributed by atoms with Crippen LogP contribution in [0.4, 0.5) is 4.79 Å². The number of likely N-dealkylation sites (N-methyl/N-ethyl adjacent to an activating group) is 1. The van der Waals surface area contributed by atoms with Crippen molar-refractivity contribution in [3.05, 3.63) is 11.6 Å². The lowest BCUT2D eigenvalue weighted by Crippen LogP contribution is -2.57. The minimum atomic E-state index is -0.744. The predicted octanol–water partition coefficient (Wildman–Crippen LogP) is 1.60. The summed E-state index contributed by atoms with van der Waals surface area (Å²) in [4.78, 5) is 27.9. The van der Waals surface area contributed by atoms with Gasteiger partial charge in [0.15, 0.2) is 0 Å². The SMILES string of the molecule is CC(C)C1=C[C@@H](N(C)C)CN(C(=O)OC(C)(C)C)[C@@H]1C(N)=O. The van der Waals surface area contributed by atoms with Gasteiger partial charge in [0.2, 0.25) is 5.91 Å². The summed E-state index contributed by atoms with van der Waals surface area (Å²) in [6.07, 6.45) is 1.54. The van der Waals surface area contributed by atoms with Crippen molar-refractivity contribution in [3.8, 4) is 0 Å². The lowest BCUT2D eigenvalue weighted by Gasteiger charge is -2.41. The zero-order valence-corrected chi connectivity index (χ0v) is 14.7. The number of hydrogen-bond donors (Lipinski definition) is 1. The lowest BCUT2D eigenvalue weighted by atomic mass is 9.88. The van der Waals surface area contributed by atoms with E-state index in [-0.39, 0.29) is 12.0 Å². The second-order valence-electron chi connectivity index (χ2n) is 7.29. The molecule has 2 atom stereocenters. The molecule has 0 saturated heterocycles. The smallest absolute Gasteiger partial charge is 0.411 e. The van der Waals surface area contributed by atoms with Crippen LogP contribution in [0.2, 0.25) is 0 Å². The molecule has 22 heavy (non-hydrogen) atoms. The Morgan fingerprint density at radius 2 is 1.91 bits per heavy atom. The van der Waals surface area contributed by atoms with Gasteiger partial charge in [0.25, 0.3) is 0 Å². The average molecular weight is 311 g/mol. The first-order chi connectivity index (χ1) is 9.94. The molecule has 2 amide bonds. The van der Waals surface area contributed by atoms with Gasteiger partial charge in [0.05, 0.1) is 0 Å². The number of ether oxygens (including phenoxy) is 1. The summed E-state index contributed by atoms with van der Waals surface area (Å²) < 4.78 is 5.45. The highest BCUT2D eigenvalue weighted by atomic mass is 16.6. The van der Waals surface area contributed by atoms with Gasteiger partial charge < -0.3 is 15.4 Å². The standard InChI is InChI=1S/C16H29N3O3/c1-10(2)12-8-11(18(6)7)9-19(13(12)14(17)20)15(21)22-16(3,4)5/h8,10-11,13H,9H2,1-7H3,(H2,17,20)/t11-,13+/m1/s1. The first kappa shape index (κ1) is 18.5. The summed E-state index contributed by atoms with van der Waals surface area (Å²) in [5.41, 5.74) is 5.81. The second kappa shape index (κ2) is 6.69. The maximum absolute atomic E-state index is 12.5. The van der Waals surface area contributed by atoms with Gasteiger partial charge in [0, 0.05) is 12.6 Å². The quantitative estimate of drug-likeness (QED) is 0.803. The zero-order chi connectivity index (χ0) is 17.2. The molecule has 0 aromatic rings. The van der Waals surface area contributed by atoms with E-state index in [2.05, 4.69) is 0 Å². The van der Waals surface area contributed by atoms with Gasteiger partial charge in [-0.05, 0) is 46.4 Å². The number of amides is 2. The minimum absolute atomic E-state index is 0.0283. The van der Waals surface area contributed by atoms with Crippen LogP contribution in [0.25, 0.3) is 0 Å². The van der Waals surface area contributed by atoms with E-state index in [1.165, 1.54) is 4.90 Å². The Labute approximate surface area is 133 Å². The summed E-state index contributed by atoms with van der Waals surface area (Å²) in [6, 6.07) is -0.716. The number of hydrogen-bond acceptors (Lipinski definition) is 4. The van der Waals surface area contributed by atoms with Crippen molar-refractivity contribution in [2.24, 2.45) is 11.7 Å². The molecule has 6 heteroatoms. The van der Waals surface area contributed by atoms with Crippen LogP contribution in [0.5, 0.6) is 0 Å². The van der Waals surface area contributed by atoms with E-state index in [0.29, 0.717) is 6.54 Å². The van der Waals surface area contributed by atoms with Crippen LogP contribution in [-0.2, 0) is 9.53 Å². The predicted molar refractivity (Wildman–Crippen MR) is 86.3 cm³/mol. The Kier molecular flexibility index (Phi) is 5.62. The molecule has 126 valence electrons. The summed E-state index contributed by atoms with van der Waals surface area (Å²) in [5.74, 6) is -0.409.